The summed E-state index contributed by atoms with van der Waals surface area (Å²) in [6.07, 6.45) is 5.28. The van der Waals surface area contributed by atoms with Crippen LogP contribution in [0.2, 0.25) is 0 Å². The van der Waals surface area contributed by atoms with E-state index in [0.717, 1.165) is 37.8 Å². The van der Waals surface area contributed by atoms with Crippen LogP contribution in [-0.2, 0) is 6.42 Å². The zero-order chi connectivity index (χ0) is 12.3. The largest absolute Gasteiger partial charge is 0.311 e. The second-order valence-electron chi connectivity index (χ2n) is 4.99. The summed E-state index contributed by atoms with van der Waals surface area (Å²) in [5.74, 6) is -1.51. The van der Waals surface area contributed by atoms with Gasteiger partial charge in [-0.15, -0.1) is 0 Å². The van der Waals surface area contributed by atoms with Crippen molar-refractivity contribution in [1.29, 1.82) is 0 Å². The average molecular weight is 239 g/mol. The average Bonchev–Trinajstić information content (AvgIpc) is 2.73. The summed E-state index contributed by atoms with van der Waals surface area (Å²) in [5.41, 5.74) is 0.977. The van der Waals surface area contributed by atoms with Gasteiger partial charge >= 0.3 is 0 Å². The van der Waals surface area contributed by atoms with Crippen LogP contribution in [0.4, 0.5) is 8.78 Å². The Bertz CT molecular complexity index is 384. The molecule has 1 nitrogen and oxygen atoms in total. The molecule has 1 aromatic rings. The van der Waals surface area contributed by atoms with Gasteiger partial charge < -0.3 is 5.32 Å². The molecule has 0 aliphatic carbocycles. The number of hydrogen-bond donors (Lipinski definition) is 1. The van der Waals surface area contributed by atoms with Crippen molar-refractivity contribution >= 4 is 0 Å². The third-order valence-corrected chi connectivity index (χ3v) is 3.59. The Morgan fingerprint density at radius 3 is 2.71 bits per heavy atom. The Hall–Kier alpha value is -0.960. The van der Waals surface area contributed by atoms with E-state index < -0.39 is 11.6 Å². The van der Waals surface area contributed by atoms with Crippen LogP contribution in [0.15, 0.2) is 18.2 Å². The van der Waals surface area contributed by atoms with Crippen LogP contribution in [0.5, 0.6) is 0 Å². The van der Waals surface area contributed by atoms with E-state index in [1.807, 2.05) is 0 Å². The second-order valence-corrected chi connectivity index (χ2v) is 4.99. The molecule has 1 aliphatic rings. The molecule has 17 heavy (non-hydrogen) atoms. The fraction of sp³-hybridized carbons (Fsp3) is 0.571. The van der Waals surface area contributed by atoms with E-state index in [1.165, 1.54) is 18.6 Å². The monoisotopic (exact) mass is 239 g/mol. The molecular formula is C14H19F2N. The molecule has 1 atom stereocenters. The molecule has 1 heterocycles. The number of benzene rings is 1. The highest BCUT2D eigenvalue weighted by atomic mass is 19.2. The topological polar surface area (TPSA) is 12.0 Å². The predicted octanol–water partition coefficient (Wildman–Crippen LogP) is 3.43. The second kappa shape index (κ2) is 5.13. The lowest BCUT2D eigenvalue weighted by Crippen LogP contribution is -2.41. The summed E-state index contributed by atoms with van der Waals surface area (Å²) in [5, 5.41) is 3.54. The quantitative estimate of drug-likeness (QED) is 0.848. The molecule has 1 unspecified atom stereocenters. The molecule has 0 aromatic heterocycles. The fourth-order valence-corrected chi connectivity index (χ4v) is 2.84. The van der Waals surface area contributed by atoms with Crippen molar-refractivity contribution in [2.24, 2.45) is 0 Å². The van der Waals surface area contributed by atoms with Crippen LogP contribution in [0.1, 0.15) is 38.2 Å². The Kier molecular flexibility index (Phi) is 3.77. The smallest absolute Gasteiger partial charge is 0.159 e. The van der Waals surface area contributed by atoms with Gasteiger partial charge in [0.05, 0.1) is 0 Å². The standard InChI is InChI=1S/C14H19F2N/c1-2-6-14(7-3-8-17-14)10-11-4-5-12(15)13(16)9-11/h4-5,9,17H,2-3,6-8,10H2,1H3. The van der Waals surface area contributed by atoms with Crippen molar-refractivity contribution in [2.75, 3.05) is 6.54 Å². The molecular weight excluding hydrogens is 220 g/mol. The van der Waals surface area contributed by atoms with Gasteiger partial charge in [0, 0.05) is 5.54 Å². The van der Waals surface area contributed by atoms with E-state index in [1.54, 1.807) is 6.07 Å². The van der Waals surface area contributed by atoms with Gasteiger partial charge in [-0.05, 0) is 49.9 Å². The molecule has 94 valence electrons. The van der Waals surface area contributed by atoms with Crippen LogP contribution >= 0.6 is 0 Å². The summed E-state index contributed by atoms with van der Waals surface area (Å²) in [6, 6.07) is 4.24. The normalized spacial score (nSPS) is 24.2. The lowest BCUT2D eigenvalue weighted by molar-refractivity contribution is 0.341. The third kappa shape index (κ3) is 2.83. The molecule has 0 saturated carbocycles. The number of halogens is 2. The maximum Gasteiger partial charge on any atom is 0.159 e. The maximum absolute atomic E-state index is 13.2. The van der Waals surface area contributed by atoms with Gasteiger partial charge in [-0.3, -0.25) is 0 Å². The predicted molar refractivity (Wildman–Crippen MR) is 64.9 cm³/mol. The lowest BCUT2D eigenvalue weighted by atomic mass is 9.85. The summed E-state index contributed by atoms with van der Waals surface area (Å²) in [4.78, 5) is 0. The molecule has 3 heteroatoms. The van der Waals surface area contributed by atoms with E-state index >= 15 is 0 Å². The first-order valence-electron chi connectivity index (χ1n) is 6.34. The van der Waals surface area contributed by atoms with Crippen molar-refractivity contribution < 1.29 is 8.78 Å². The van der Waals surface area contributed by atoms with E-state index in [9.17, 15) is 8.78 Å². The Labute approximate surface area is 101 Å². The maximum atomic E-state index is 13.2. The van der Waals surface area contributed by atoms with Crippen LogP contribution in [0.3, 0.4) is 0 Å². The SMILES string of the molecule is CCCC1(Cc2ccc(F)c(F)c2)CCCN1. The Balaban J connectivity index is 2.14. The van der Waals surface area contributed by atoms with Gasteiger partial charge in [0.25, 0.3) is 0 Å². The van der Waals surface area contributed by atoms with Gasteiger partial charge in [0.15, 0.2) is 11.6 Å². The van der Waals surface area contributed by atoms with E-state index in [2.05, 4.69) is 12.2 Å². The number of hydrogen-bond acceptors (Lipinski definition) is 1. The molecule has 1 saturated heterocycles. The summed E-state index contributed by atoms with van der Waals surface area (Å²) < 4.78 is 26.0. The minimum absolute atomic E-state index is 0.0962. The van der Waals surface area contributed by atoms with Crippen LogP contribution in [0, 0.1) is 11.6 Å². The molecule has 1 fully saturated rings. The molecule has 1 aromatic carbocycles. The van der Waals surface area contributed by atoms with Gasteiger partial charge in [-0.25, -0.2) is 8.78 Å². The first-order chi connectivity index (χ1) is 8.15. The highest BCUT2D eigenvalue weighted by molar-refractivity contribution is 5.21. The van der Waals surface area contributed by atoms with Gasteiger partial charge in [0.1, 0.15) is 0 Å². The van der Waals surface area contributed by atoms with Gasteiger partial charge in [-0.1, -0.05) is 19.4 Å². The summed E-state index contributed by atoms with van der Waals surface area (Å²) in [6.45, 7) is 3.19. The number of rotatable bonds is 4. The number of nitrogens with one attached hydrogen (secondary N) is 1. The van der Waals surface area contributed by atoms with Crippen molar-refractivity contribution in [3.8, 4) is 0 Å². The molecule has 1 aliphatic heterocycles. The van der Waals surface area contributed by atoms with Crippen molar-refractivity contribution in [3.05, 3.63) is 35.4 Å². The van der Waals surface area contributed by atoms with Gasteiger partial charge in [0.2, 0.25) is 0 Å². The zero-order valence-corrected chi connectivity index (χ0v) is 10.2. The van der Waals surface area contributed by atoms with Crippen molar-refractivity contribution in [3.63, 3.8) is 0 Å². The van der Waals surface area contributed by atoms with Crippen LogP contribution in [-0.4, -0.2) is 12.1 Å². The molecule has 0 bridgehead atoms. The van der Waals surface area contributed by atoms with E-state index in [0.29, 0.717) is 0 Å². The first-order valence-corrected chi connectivity index (χ1v) is 6.34. The summed E-state index contributed by atoms with van der Waals surface area (Å²) in [7, 11) is 0. The minimum Gasteiger partial charge on any atom is -0.311 e. The van der Waals surface area contributed by atoms with Crippen molar-refractivity contribution in [2.45, 2.75) is 44.6 Å². The van der Waals surface area contributed by atoms with Crippen LogP contribution < -0.4 is 5.32 Å². The molecule has 0 amide bonds. The first kappa shape index (κ1) is 12.5. The highest BCUT2D eigenvalue weighted by Crippen LogP contribution is 2.29. The fourth-order valence-electron chi connectivity index (χ4n) is 2.84. The molecule has 1 N–H and O–H groups in total. The van der Waals surface area contributed by atoms with Gasteiger partial charge in [-0.2, -0.15) is 0 Å². The highest BCUT2D eigenvalue weighted by Gasteiger charge is 2.32. The van der Waals surface area contributed by atoms with E-state index in [4.69, 9.17) is 0 Å². The minimum atomic E-state index is -0.766. The molecule has 0 spiro atoms. The zero-order valence-electron chi connectivity index (χ0n) is 10.2. The summed E-state index contributed by atoms with van der Waals surface area (Å²) >= 11 is 0. The van der Waals surface area contributed by atoms with Crippen molar-refractivity contribution in [1.82, 2.24) is 5.32 Å². The van der Waals surface area contributed by atoms with E-state index in [-0.39, 0.29) is 5.54 Å². The molecule has 2 rings (SSSR count). The lowest BCUT2D eigenvalue weighted by Gasteiger charge is -2.29. The third-order valence-electron chi connectivity index (χ3n) is 3.59. The molecule has 0 radical (unpaired) electrons. The Morgan fingerprint density at radius 1 is 1.29 bits per heavy atom. The van der Waals surface area contributed by atoms with Crippen LogP contribution in [0.25, 0.3) is 0 Å². The Morgan fingerprint density at radius 2 is 2.12 bits per heavy atom.